The maximum Gasteiger partial charge on any atom is 0.231 e. The molecular weight excluding hydrogens is 282 g/mol. The average molecular weight is 298 g/mol. The molecular formula is C12H16BrN3O. The van der Waals surface area contributed by atoms with E-state index in [4.69, 9.17) is 0 Å². The van der Waals surface area contributed by atoms with E-state index >= 15 is 0 Å². The summed E-state index contributed by atoms with van der Waals surface area (Å²) in [6, 6.07) is 3.69. The van der Waals surface area contributed by atoms with E-state index in [1.165, 1.54) is 0 Å². The minimum atomic E-state index is -0.289. The van der Waals surface area contributed by atoms with Crippen molar-refractivity contribution in [2.45, 2.75) is 19.8 Å². The highest BCUT2D eigenvalue weighted by Crippen LogP contribution is 2.30. The minimum absolute atomic E-state index is 0.0541. The van der Waals surface area contributed by atoms with Gasteiger partial charge in [-0.1, -0.05) is 6.92 Å². The lowest BCUT2D eigenvalue weighted by Gasteiger charge is -2.32. The molecule has 0 aromatic carbocycles. The molecule has 1 fully saturated rings. The lowest BCUT2D eigenvalue weighted by Crippen LogP contribution is -2.43. The summed E-state index contributed by atoms with van der Waals surface area (Å²) in [7, 11) is 0. The number of anilines is 1. The number of carbonyl (C=O) groups excluding carboxylic acids is 1. The van der Waals surface area contributed by atoms with Crippen molar-refractivity contribution in [3.8, 4) is 0 Å². The highest BCUT2D eigenvalue weighted by atomic mass is 79.9. The smallest absolute Gasteiger partial charge is 0.231 e. The molecule has 1 amide bonds. The summed E-state index contributed by atoms with van der Waals surface area (Å²) in [5.41, 5.74) is -0.289. The summed E-state index contributed by atoms with van der Waals surface area (Å²) in [6.07, 6.45) is 3.40. The number of carbonyl (C=O) groups is 1. The summed E-state index contributed by atoms with van der Waals surface area (Å²) in [5.74, 6) is 0.649. The van der Waals surface area contributed by atoms with E-state index in [-0.39, 0.29) is 11.3 Å². The number of amides is 1. The van der Waals surface area contributed by atoms with Gasteiger partial charge in [-0.15, -0.1) is 0 Å². The Balaban J connectivity index is 2.08. The van der Waals surface area contributed by atoms with Gasteiger partial charge in [0.05, 0.1) is 4.47 Å². The second-order valence-electron chi connectivity index (χ2n) is 4.60. The van der Waals surface area contributed by atoms with Crippen molar-refractivity contribution in [2.75, 3.05) is 18.4 Å². The van der Waals surface area contributed by atoms with E-state index in [1.54, 1.807) is 6.20 Å². The number of aromatic nitrogens is 1. The van der Waals surface area contributed by atoms with Gasteiger partial charge in [0.2, 0.25) is 5.91 Å². The third-order valence-electron chi connectivity index (χ3n) is 3.25. The largest absolute Gasteiger partial charge is 0.317 e. The van der Waals surface area contributed by atoms with E-state index in [9.17, 15) is 4.79 Å². The molecule has 4 nitrogen and oxygen atoms in total. The summed E-state index contributed by atoms with van der Waals surface area (Å²) in [4.78, 5) is 16.4. The molecule has 0 radical (unpaired) electrons. The number of nitrogens with one attached hydrogen (secondary N) is 2. The van der Waals surface area contributed by atoms with Crippen molar-refractivity contribution >= 4 is 27.7 Å². The number of hydrogen-bond acceptors (Lipinski definition) is 3. The van der Waals surface area contributed by atoms with Crippen LogP contribution in [0.25, 0.3) is 0 Å². The molecule has 1 saturated heterocycles. The predicted molar refractivity (Wildman–Crippen MR) is 70.8 cm³/mol. The zero-order valence-electron chi connectivity index (χ0n) is 9.79. The van der Waals surface area contributed by atoms with E-state index in [1.807, 2.05) is 19.1 Å². The second kappa shape index (κ2) is 5.14. The molecule has 0 saturated carbocycles. The van der Waals surface area contributed by atoms with Crippen LogP contribution in [-0.2, 0) is 4.79 Å². The minimum Gasteiger partial charge on any atom is -0.317 e. The molecule has 17 heavy (non-hydrogen) atoms. The third kappa shape index (κ3) is 2.84. The van der Waals surface area contributed by atoms with Crippen LogP contribution < -0.4 is 10.6 Å². The van der Waals surface area contributed by atoms with Crippen LogP contribution >= 0.6 is 15.9 Å². The van der Waals surface area contributed by atoms with Crippen molar-refractivity contribution in [3.63, 3.8) is 0 Å². The Hall–Kier alpha value is -0.940. The maximum atomic E-state index is 12.2. The average Bonchev–Trinajstić information content (AvgIpc) is 2.33. The molecule has 0 unspecified atom stereocenters. The molecule has 2 rings (SSSR count). The molecule has 0 atom stereocenters. The highest BCUT2D eigenvalue weighted by Gasteiger charge is 2.34. The van der Waals surface area contributed by atoms with Gasteiger partial charge in [-0.2, -0.15) is 0 Å². The van der Waals surface area contributed by atoms with Crippen LogP contribution in [0.1, 0.15) is 19.8 Å². The first kappa shape index (κ1) is 12.5. The van der Waals surface area contributed by atoms with Crippen molar-refractivity contribution in [2.24, 2.45) is 5.41 Å². The van der Waals surface area contributed by atoms with E-state index < -0.39 is 0 Å². The van der Waals surface area contributed by atoms with Crippen LogP contribution in [0.15, 0.2) is 22.8 Å². The molecule has 1 aromatic heterocycles. The summed E-state index contributed by atoms with van der Waals surface area (Å²) < 4.78 is 0.811. The predicted octanol–water partition coefficient (Wildman–Crippen LogP) is 2.17. The number of pyridine rings is 1. The standard InChI is InChI=1S/C12H16BrN3O/c1-12(4-7-14-8-5-12)11(17)16-10-9(13)3-2-6-15-10/h2-3,6,14H,4-5,7-8H2,1H3,(H,15,16,17). The molecule has 2 heterocycles. The van der Waals surface area contributed by atoms with E-state index in [0.29, 0.717) is 5.82 Å². The Morgan fingerprint density at radius 2 is 2.24 bits per heavy atom. The van der Waals surface area contributed by atoms with E-state index in [0.717, 1.165) is 30.4 Å². The van der Waals surface area contributed by atoms with Gasteiger partial charge in [-0.3, -0.25) is 4.79 Å². The monoisotopic (exact) mass is 297 g/mol. The van der Waals surface area contributed by atoms with Gasteiger partial charge < -0.3 is 10.6 Å². The van der Waals surface area contributed by atoms with E-state index in [2.05, 4.69) is 31.5 Å². The van der Waals surface area contributed by atoms with Gasteiger partial charge >= 0.3 is 0 Å². The summed E-state index contributed by atoms with van der Waals surface area (Å²) in [6.45, 7) is 3.81. The fraction of sp³-hybridized carbons (Fsp3) is 0.500. The second-order valence-corrected chi connectivity index (χ2v) is 5.45. The Morgan fingerprint density at radius 3 is 2.88 bits per heavy atom. The van der Waals surface area contributed by atoms with Crippen molar-refractivity contribution < 1.29 is 4.79 Å². The van der Waals surface area contributed by atoms with Gasteiger partial charge in [0.25, 0.3) is 0 Å². The fourth-order valence-electron chi connectivity index (χ4n) is 1.94. The van der Waals surface area contributed by atoms with Crippen LogP contribution in [0.4, 0.5) is 5.82 Å². The lowest BCUT2D eigenvalue weighted by atomic mass is 9.80. The third-order valence-corrected chi connectivity index (χ3v) is 3.89. The molecule has 2 N–H and O–H groups in total. The van der Waals surface area contributed by atoms with Crippen LogP contribution in [0.3, 0.4) is 0 Å². The fourth-order valence-corrected chi connectivity index (χ4v) is 2.30. The lowest BCUT2D eigenvalue weighted by molar-refractivity contribution is -0.126. The molecule has 1 aliphatic rings. The summed E-state index contributed by atoms with van der Waals surface area (Å²) in [5, 5.41) is 6.16. The molecule has 1 aliphatic heterocycles. The number of rotatable bonds is 2. The molecule has 1 aromatic rings. The van der Waals surface area contributed by atoms with Crippen molar-refractivity contribution in [1.82, 2.24) is 10.3 Å². The molecule has 92 valence electrons. The van der Waals surface area contributed by atoms with Gasteiger partial charge in [0.15, 0.2) is 0 Å². The first-order chi connectivity index (χ1) is 8.12. The first-order valence-corrected chi connectivity index (χ1v) is 6.54. The van der Waals surface area contributed by atoms with Crippen LogP contribution in [0.2, 0.25) is 0 Å². The van der Waals surface area contributed by atoms with Gasteiger partial charge in [-0.25, -0.2) is 4.98 Å². The number of hydrogen-bond donors (Lipinski definition) is 2. The van der Waals surface area contributed by atoms with Crippen LogP contribution in [0, 0.1) is 5.41 Å². The quantitative estimate of drug-likeness (QED) is 0.880. The zero-order valence-corrected chi connectivity index (χ0v) is 11.4. The van der Waals surface area contributed by atoms with Crippen molar-refractivity contribution in [3.05, 3.63) is 22.8 Å². The van der Waals surface area contributed by atoms with Crippen LogP contribution in [-0.4, -0.2) is 24.0 Å². The normalized spacial score (nSPS) is 18.7. The Kier molecular flexibility index (Phi) is 3.79. The Morgan fingerprint density at radius 1 is 1.53 bits per heavy atom. The topological polar surface area (TPSA) is 54.0 Å². The molecule has 0 bridgehead atoms. The number of piperidine rings is 1. The Labute approximate surface area is 109 Å². The van der Waals surface area contributed by atoms with Gasteiger partial charge in [0.1, 0.15) is 5.82 Å². The first-order valence-electron chi connectivity index (χ1n) is 5.74. The number of nitrogens with zero attached hydrogens (tertiary/aromatic N) is 1. The SMILES string of the molecule is CC1(C(=O)Nc2ncccc2Br)CCNCC1. The van der Waals surface area contributed by atoms with Gasteiger partial charge in [-0.05, 0) is 54.0 Å². The van der Waals surface area contributed by atoms with Crippen LogP contribution in [0.5, 0.6) is 0 Å². The zero-order chi connectivity index (χ0) is 12.3. The van der Waals surface area contributed by atoms with Crippen molar-refractivity contribution in [1.29, 1.82) is 0 Å². The maximum absolute atomic E-state index is 12.2. The Bertz CT molecular complexity index is 416. The number of halogens is 1. The molecule has 0 spiro atoms. The van der Waals surface area contributed by atoms with Gasteiger partial charge in [0, 0.05) is 11.6 Å². The molecule has 0 aliphatic carbocycles. The highest BCUT2D eigenvalue weighted by molar-refractivity contribution is 9.10. The summed E-state index contributed by atoms with van der Waals surface area (Å²) >= 11 is 3.38. The molecule has 5 heteroatoms.